The number of hydrogen-bond acceptors (Lipinski definition) is 7. The van der Waals surface area contributed by atoms with E-state index >= 15 is 0 Å². The van der Waals surface area contributed by atoms with Crippen LogP contribution in [-0.4, -0.2) is 59.7 Å². The molecule has 0 spiro atoms. The molecule has 0 aliphatic carbocycles. The lowest BCUT2D eigenvalue weighted by Gasteiger charge is -2.18. The maximum absolute atomic E-state index is 11.5. The molecule has 10 heteroatoms. The first kappa shape index (κ1) is 48.4. The number of aliphatic hydroxyl groups is 1. The van der Waals surface area contributed by atoms with Gasteiger partial charge in [-0.1, -0.05) is 100 Å². The number of aldehydes is 1. The maximum atomic E-state index is 11.5. The molecule has 0 radical (unpaired) electrons. The highest BCUT2D eigenvalue weighted by Crippen LogP contribution is 2.13. The first-order chi connectivity index (χ1) is 21.4. The van der Waals surface area contributed by atoms with Crippen LogP contribution in [0.3, 0.4) is 0 Å². The summed E-state index contributed by atoms with van der Waals surface area (Å²) in [5.41, 5.74) is 13.1. The molecule has 0 fully saturated rings. The van der Waals surface area contributed by atoms with Crippen LogP contribution in [0.2, 0.25) is 0 Å². The van der Waals surface area contributed by atoms with Crippen LogP contribution < -0.4 is 22.1 Å². The summed E-state index contributed by atoms with van der Waals surface area (Å²) >= 11 is 0. The molecule has 0 saturated carbocycles. The molecule has 0 aromatic heterocycles. The Hall–Kier alpha value is -3.50. The van der Waals surface area contributed by atoms with Gasteiger partial charge in [-0.25, -0.2) is 0 Å². The molecule has 260 valence electrons. The van der Waals surface area contributed by atoms with Gasteiger partial charge < -0.3 is 36.9 Å². The molecule has 1 aromatic rings. The highest BCUT2D eigenvalue weighted by molar-refractivity contribution is 5.93. The Morgan fingerprint density at radius 3 is 1.84 bits per heavy atom. The molecule has 2 atom stereocenters. The van der Waals surface area contributed by atoms with Crippen molar-refractivity contribution in [3.8, 4) is 0 Å². The Kier molecular flexibility index (Phi) is 35.9. The molecule has 1 heterocycles. The first-order valence-electron chi connectivity index (χ1n) is 16.3. The topological polar surface area (TPSA) is 168 Å². The molecule has 10 nitrogen and oxygen atoms in total. The largest absolute Gasteiger partial charge is 0.392 e. The van der Waals surface area contributed by atoms with Gasteiger partial charge in [0.1, 0.15) is 6.29 Å². The number of primary amides is 1. The Morgan fingerprint density at radius 2 is 1.51 bits per heavy atom. The van der Waals surface area contributed by atoms with E-state index in [1.165, 1.54) is 0 Å². The number of allylic oxidation sites excluding steroid dienone is 1. The summed E-state index contributed by atoms with van der Waals surface area (Å²) in [6, 6.07) is 6.74. The molecular formula is C35H65N5O5. The summed E-state index contributed by atoms with van der Waals surface area (Å²) in [5.74, 6) is -0.324. The molecule has 1 aliphatic heterocycles. The van der Waals surface area contributed by atoms with Crippen LogP contribution in [-0.2, 0) is 25.8 Å². The van der Waals surface area contributed by atoms with Crippen LogP contribution >= 0.6 is 0 Å². The number of nitrogens with two attached hydrogens (primary N) is 2. The van der Waals surface area contributed by atoms with E-state index in [1.807, 2.05) is 79.8 Å². The van der Waals surface area contributed by atoms with E-state index in [-0.39, 0.29) is 36.3 Å². The van der Waals surface area contributed by atoms with Crippen molar-refractivity contribution in [1.29, 1.82) is 0 Å². The lowest BCUT2D eigenvalue weighted by molar-refractivity contribution is -0.126. The monoisotopic (exact) mass is 635 g/mol. The van der Waals surface area contributed by atoms with Gasteiger partial charge in [0.25, 0.3) is 5.91 Å². The molecular weight excluding hydrogens is 570 g/mol. The average Bonchev–Trinajstić information content (AvgIpc) is 3.40. The summed E-state index contributed by atoms with van der Waals surface area (Å²) in [6.45, 7) is 22.3. The number of carbonyl (C=O) groups is 4. The van der Waals surface area contributed by atoms with Crippen LogP contribution in [0, 0.1) is 5.92 Å². The summed E-state index contributed by atoms with van der Waals surface area (Å²) in [5, 5.41) is 14.3. The summed E-state index contributed by atoms with van der Waals surface area (Å²) < 4.78 is 0. The number of carbonyl (C=O) groups excluding carboxylic acids is 4. The van der Waals surface area contributed by atoms with Crippen LogP contribution in [0.4, 0.5) is 5.69 Å². The van der Waals surface area contributed by atoms with Crippen molar-refractivity contribution in [3.05, 3.63) is 54.3 Å². The zero-order valence-corrected chi connectivity index (χ0v) is 29.8. The third-order valence-electron chi connectivity index (χ3n) is 5.92. The molecule has 0 saturated heterocycles. The fourth-order valence-corrected chi connectivity index (χ4v) is 3.02. The molecule has 3 amide bonds. The quantitative estimate of drug-likeness (QED) is 0.173. The minimum atomic E-state index is -0.533. The SMILES string of the molecule is C=C1C=CC(=O)N1CCCC.CC.CC.CCC(N)=O.CCCCC(C=O)NC(=O)C(N)C(C)C.CNc1ccc(CO)cc1. The van der Waals surface area contributed by atoms with E-state index in [0.717, 1.165) is 55.5 Å². The second kappa shape index (κ2) is 33.4. The van der Waals surface area contributed by atoms with E-state index in [1.54, 1.807) is 24.0 Å². The van der Waals surface area contributed by atoms with Crippen molar-refractivity contribution >= 4 is 29.7 Å². The predicted octanol–water partition coefficient (Wildman–Crippen LogP) is 5.70. The fraction of sp³-hybridized carbons (Fsp3) is 0.600. The van der Waals surface area contributed by atoms with E-state index in [4.69, 9.17) is 10.8 Å². The minimum Gasteiger partial charge on any atom is -0.392 e. The predicted molar refractivity (Wildman–Crippen MR) is 189 cm³/mol. The van der Waals surface area contributed by atoms with Crippen molar-refractivity contribution in [3.63, 3.8) is 0 Å². The molecule has 2 rings (SSSR count). The minimum absolute atomic E-state index is 0.0726. The van der Waals surface area contributed by atoms with Crippen LogP contribution in [0.1, 0.15) is 106 Å². The number of anilines is 1. The summed E-state index contributed by atoms with van der Waals surface area (Å²) in [4.78, 5) is 44.6. The third-order valence-corrected chi connectivity index (χ3v) is 5.92. The second-order valence-electron chi connectivity index (χ2n) is 9.76. The van der Waals surface area contributed by atoms with E-state index in [9.17, 15) is 19.2 Å². The summed E-state index contributed by atoms with van der Waals surface area (Å²) in [6.07, 6.45) is 9.34. The standard InChI is InChI=1S/C11H22N2O2.C9H13NO.C8H11NO.C3H7NO.2C2H6/c1-4-5-6-9(7-14)13-11(15)10(12)8(2)3;1-3-4-7-10-8(2)5-6-9(10)11;1-9-8-4-2-7(6-10)3-5-8;1-2-3(4)5;2*1-2/h7-10H,4-6,12H2,1-3H3,(H,13,15);5-6H,2-4,7H2,1H3;2-5,9-10H,6H2,1H3;2H2,1H3,(H2,4,5);2*1-2H3. The normalized spacial score (nSPS) is 12.2. The van der Waals surface area contributed by atoms with Gasteiger partial charge in [-0.05, 0) is 42.5 Å². The van der Waals surface area contributed by atoms with Gasteiger partial charge in [-0.2, -0.15) is 0 Å². The molecule has 2 unspecified atom stereocenters. The zero-order chi connectivity index (χ0) is 35.8. The number of nitrogens with one attached hydrogen (secondary N) is 2. The van der Waals surface area contributed by atoms with Gasteiger partial charge in [0, 0.05) is 37.5 Å². The zero-order valence-electron chi connectivity index (χ0n) is 29.8. The smallest absolute Gasteiger partial charge is 0.251 e. The Labute approximate surface area is 274 Å². The lowest BCUT2D eigenvalue weighted by atomic mass is 10.0. The van der Waals surface area contributed by atoms with Crippen LogP contribution in [0.15, 0.2) is 48.7 Å². The van der Waals surface area contributed by atoms with Crippen LogP contribution in [0.5, 0.6) is 0 Å². The van der Waals surface area contributed by atoms with Crippen molar-refractivity contribution < 1.29 is 24.3 Å². The number of unbranched alkanes of at least 4 members (excludes halogenated alkanes) is 2. The van der Waals surface area contributed by atoms with E-state index in [2.05, 4.69) is 29.9 Å². The van der Waals surface area contributed by atoms with E-state index < -0.39 is 6.04 Å². The van der Waals surface area contributed by atoms with Crippen molar-refractivity contribution in [2.75, 3.05) is 18.9 Å². The second-order valence-corrected chi connectivity index (χ2v) is 9.76. The van der Waals surface area contributed by atoms with Crippen LogP contribution in [0.25, 0.3) is 0 Å². The Balaban J connectivity index is -0.000000251. The maximum Gasteiger partial charge on any atom is 0.251 e. The molecule has 45 heavy (non-hydrogen) atoms. The lowest BCUT2D eigenvalue weighted by Crippen LogP contribution is -2.48. The van der Waals surface area contributed by atoms with Crippen molar-refractivity contribution in [2.45, 2.75) is 120 Å². The Morgan fingerprint density at radius 1 is 1.00 bits per heavy atom. The highest BCUT2D eigenvalue weighted by Gasteiger charge is 2.20. The van der Waals surface area contributed by atoms with Crippen molar-refractivity contribution in [1.82, 2.24) is 10.2 Å². The van der Waals surface area contributed by atoms with Gasteiger partial charge in [0.05, 0.1) is 18.7 Å². The van der Waals surface area contributed by atoms with Crippen molar-refractivity contribution in [2.24, 2.45) is 17.4 Å². The van der Waals surface area contributed by atoms with Gasteiger partial charge >= 0.3 is 0 Å². The Bertz CT molecular complexity index is 892. The number of aliphatic hydroxyl groups excluding tert-OH is 1. The molecule has 1 aliphatic rings. The van der Waals surface area contributed by atoms with Gasteiger partial charge in [-0.3, -0.25) is 14.4 Å². The fourth-order valence-electron chi connectivity index (χ4n) is 3.02. The molecule has 7 N–H and O–H groups in total. The third kappa shape index (κ3) is 26.6. The highest BCUT2D eigenvalue weighted by atomic mass is 16.3. The van der Waals surface area contributed by atoms with Gasteiger partial charge in [-0.15, -0.1) is 0 Å². The number of amides is 3. The number of nitrogens with zero attached hydrogens (tertiary/aromatic N) is 1. The molecule has 1 aromatic carbocycles. The first-order valence-corrected chi connectivity index (χ1v) is 16.3. The summed E-state index contributed by atoms with van der Waals surface area (Å²) in [7, 11) is 1.87. The average molecular weight is 636 g/mol. The van der Waals surface area contributed by atoms with Gasteiger partial charge in [0.15, 0.2) is 0 Å². The molecule has 0 bridgehead atoms. The number of rotatable bonds is 13. The van der Waals surface area contributed by atoms with E-state index in [0.29, 0.717) is 12.8 Å². The number of benzene rings is 1. The van der Waals surface area contributed by atoms with Gasteiger partial charge in [0.2, 0.25) is 11.8 Å². The number of hydrogen-bond donors (Lipinski definition) is 5.